The monoisotopic (exact) mass is 289 g/mol. The highest BCUT2D eigenvalue weighted by Crippen LogP contribution is 2.26. The number of aliphatic hydroxyl groups is 1. The molecule has 0 aromatic heterocycles. The zero-order chi connectivity index (χ0) is 15.3. The molecule has 112 valence electrons. The van der Waals surface area contributed by atoms with Crippen LogP contribution >= 0.6 is 0 Å². The Morgan fingerprint density at radius 3 is 2.70 bits per heavy atom. The number of phenols is 1. The molecule has 1 aromatic carbocycles. The number of aliphatic hydroxyl groups excluding tert-OH is 1. The van der Waals surface area contributed by atoms with Gasteiger partial charge in [-0.25, -0.2) is 0 Å². The molecule has 0 spiro atoms. The Morgan fingerprint density at radius 2 is 2.15 bits per heavy atom. The van der Waals surface area contributed by atoms with E-state index >= 15 is 0 Å². The van der Waals surface area contributed by atoms with Gasteiger partial charge in [0.1, 0.15) is 6.10 Å². The lowest BCUT2D eigenvalue weighted by atomic mass is 10.1. The van der Waals surface area contributed by atoms with Crippen molar-refractivity contribution in [1.82, 2.24) is 5.32 Å². The Balaban J connectivity index is 2.70. The van der Waals surface area contributed by atoms with Crippen molar-refractivity contribution in [3.63, 3.8) is 0 Å². The number of alkyl halides is 2. The third-order valence-corrected chi connectivity index (χ3v) is 2.81. The van der Waals surface area contributed by atoms with Crippen molar-refractivity contribution in [2.45, 2.75) is 31.9 Å². The van der Waals surface area contributed by atoms with E-state index in [0.717, 1.165) is 0 Å². The SMILES string of the molecule is CC[C@H](O)C(F)(F)C(=O)NCc1ccc(O)c(OC)c1. The fraction of sp³-hybridized carbons (Fsp3) is 0.462. The minimum atomic E-state index is -3.84. The number of ether oxygens (including phenoxy) is 1. The van der Waals surface area contributed by atoms with Gasteiger partial charge in [-0.3, -0.25) is 4.79 Å². The number of methoxy groups -OCH3 is 1. The van der Waals surface area contributed by atoms with Crippen LogP contribution in [0.25, 0.3) is 0 Å². The number of aromatic hydroxyl groups is 1. The highest BCUT2D eigenvalue weighted by Gasteiger charge is 2.45. The lowest BCUT2D eigenvalue weighted by molar-refractivity contribution is -0.163. The summed E-state index contributed by atoms with van der Waals surface area (Å²) in [6.07, 6.45) is -2.25. The molecular formula is C13H17F2NO4. The number of phenolic OH excluding ortho intramolecular Hbond substituents is 1. The summed E-state index contributed by atoms with van der Waals surface area (Å²) < 4.78 is 31.7. The quantitative estimate of drug-likeness (QED) is 0.740. The maximum absolute atomic E-state index is 13.4. The van der Waals surface area contributed by atoms with Crippen LogP contribution in [0.3, 0.4) is 0 Å². The predicted molar refractivity (Wildman–Crippen MR) is 67.8 cm³/mol. The topological polar surface area (TPSA) is 78.8 Å². The Hall–Kier alpha value is -1.89. The number of hydrogen-bond donors (Lipinski definition) is 3. The molecule has 0 aliphatic heterocycles. The van der Waals surface area contributed by atoms with Crippen molar-refractivity contribution >= 4 is 5.91 Å². The van der Waals surface area contributed by atoms with E-state index in [-0.39, 0.29) is 24.5 Å². The number of carbonyl (C=O) groups excluding carboxylic acids is 1. The van der Waals surface area contributed by atoms with Gasteiger partial charge < -0.3 is 20.3 Å². The maximum atomic E-state index is 13.4. The lowest BCUT2D eigenvalue weighted by Gasteiger charge is -2.20. The van der Waals surface area contributed by atoms with Gasteiger partial charge in [-0.05, 0) is 24.1 Å². The van der Waals surface area contributed by atoms with Gasteiger partial charge in [0.2, 0.25) is 0 Å². The molecule has 0 saturated carbocycles. The standard InChI is InChI=1S/C13H17F2NO4/c1-3-11(18)13(14,15)12(19)16-7-8-4-5-9(17)10(6-8)20-2/h4-6,11,17-18H,3,7H2,1-2H3,(H,16,19)/t11-/m0/s1. The molecule has 0 unspecified atom stereocenters. The molecule has 1 aromatic rings. The third-order valence-electron chi connectivity index (χ3n) is 2.81. The average molecular weight is 289 g/mol. The minimum Gasteiger partial charge on any atom is -0.504 e. The molecule has 0 bridgehead atoms. The second-order valence-electron chi connectivity index (χ2n) is 4.24. The fourth-order valence-electron chi connectivity index (χ4n) is 1.54. The van der Waals surface area contributed by atoms with Crippen LogP contribution in [0.2, 0.25) is 0 Å². The Kier molecular flexibility index (Phi) is 5.26. The van der Waals surface area contributed by atoms with E-state index in [9.17, 15) is 18.7 Å². The molecule has 20 heavy (non-hydrogen) atoms. The molecule has 1 amide bonds. The molecular weight excluding hydrogens is 272 g/mol. The number of halogens is 2. The molecule has 0 saturated heterocycles. The number of benzene rings is 1. The van der Waals surface area contributed by atoms with E-state index in [0.29, 0.717) is 5.56 Å². The van der Waals surface area contributed by atoms with Gasteiger partial charge in [-0.2, -0.15) is 8.78 Å². The summed E-state index contributed by atoms with van der Waals surface area (Å²) in [6, 6.07) is 4.22. The second-order valence-corrected chi connectivity index (χ2v) is 4.24. The van der Waals surface area contributed by atoms with Gasteiger partial charge in [0.15, 0.2) is 11.5 Å². The van der Waals surface area contributed by atoms with E-state index in [1.54, 1.807) is 0 Å². The number of nitrogens with one attached hydrogen (secondary N) is 1. The Morgan fingerprint density at radius 1 is 1.50 bits per heavy atom. The van der Waals surface area contributed by atoms with Crippen LogP contribution < -0.4 is 10.1 Å². The van der Waals surface area contributed by atoms with Gasteiger partial charge in [0.25, 0.3) is 5.91 Å². The van der Waals surface area contributed by atoms with Gasteiger partial charge in [0, 0.05) is 6.54 Å². The zero-order valence-electron chi connectivity index (χ0n) is 11.2. The van der Waals surface area contributed by atoms with Crippen molar-refractivity contribution in [2.75, 3.05) is 7.11 Å². The van der Waals surface area contributed by atoms with Crippen LogP contribution in [0.5, 0.6) is 11.5 Å². The summed E-state index contributed by atoms with van der Waals surface area (Å²) in [5.74, 6) is -5.29. The highest BCUT2D eigenvalue weighted by molar-refractivity contribution is 5.84. The normalized spacial score (nSPS) is 12.8. The second kappa shape index (κ2) is 6.51. The molecule has 0 aliphatic rings. The summed E-state index contributed by atoms with van der Waals surface area (Å²) in [4.78, 5) is 11.4. The maximum Gasteiger partial charge on any atom is 0.349 e. The summed E-state index contributed by atoms with van der Waals surface area (Å²) in [6.45, 7) is 1.19. The molecule has 0 radical (unpaired) electrons. The first-order valence-electron chi connectivity index (χ1n) is 6.03. The molecule has 0 fully saturated rings. The third kappa shape index (κ3) is 3.57. The number of carbonyl (C=O) groups is 1. The summed E-state index contributed by atoms with van der Waals surface area (Å²) in [5.41, 5.74) is 0.481. The van der Waals surface area contributed by atoms with Crippen molar-refractivity contribution < 1.29 is 28.5 Å². The Labute approximate surface area is 115 Å². The molecule has 7 heteroatoms. The molecule has 3 N–H and O–H groups in total. The number of amides is 1. The van der Waals surface area contributed by atoms with Crippen LogP contribution in [0.1, 0.15) is 18.9 Å². The average Bonchev–Trinajstić information content (AvgIpc) is 2.44. The van der Waals surface area contributed by atoms with Gasteiger partial charge in [-0.1, -0.05) is 13.0 Å². The summed E-state index contributed by atoms with van der Waals surface area (Å²) in [7, 11) is 1.35. The first-order chi connectivity index (χ1) is 9.32. The van der Waals surface area contributed by atoms with Gasteiger partial charge >= 0.3 is 5.92 Å². The van der Waals surface area contributed by atoms with Crippen molar-refractivity contribution in [2.24, 2.45) is 0 Å². The van der Waals surface area contributed by atoms with Gasteiger partial charge in [0.05, 0.1) is 7.11 Å². The van der Waals surface area contributed by atoms with Crippen LogP contribution in [0, 0.1) is 0 Å². The molecule has 5 nitrogen and oxygen atoms in total. The molecule has 1 atom stereocenters. The van der Waals surface area contributed by atoms with Crippen LogP contribution in [-0.2, 0) is 11.3 Å². The van der Waals surface area contributed by atoms with Crippen LogP contribution in [-0.4, -0.2) is 35.3 Å². The zero-order valence-corrected chi connectivity index (χ0v) is 11.2. The Bertz CT molecular complexity index is 479. The van der Waals surface area contributed by atoms with E-state index in [1.165, 1.54) is 32.2 Å². The fourth-order valence-corrected chi connectivity index (χ4v) is 1.54. The highest BCUT2D eigenvalue weighted by atomic mass is 19.3. The number of hydrogen-bond acceptors (Lipinski definition) is 4. The lowest BCUT2D eigenvalue weighted by Crippen LogP contribution is -2.47. The number of rotatable bonds is 6. The first-order valence-corrected chi connectivity index (χ1v) is 6.03. The van der Waals surface area contributed by atoms with Gasteiger partial charge in [-0.15, -0.1) is 0 Å². The predicted octanol–water partition coefficient (Wildman–Crippen LogP) is 1.42. The van der Waals surface area contributed by atoms with E-state index < -0.39 is 17.9 Å². The summed E-state index contributed by atoms with van der Waals surface area (Å²) in [5, 5.41) is 20.5. The molecule has 0 heterocycles. The van der Waals surface area contributed by atoms with Crippen molar-refractivity contribution in [1.29, 1.82) is 0 Å². The van der Waals surface area contributed by atoms with E-state index in [2.05, 4.69) is 0 Å². The minimum absolute atomic E-state index is 0.0886. The van der Waals surface area contributed by atoms with Crippen LogP contribution in [0.15, 0.2) is 18.2 Å². The molecule has 0 aliphatic carbocycles. The van der Waals surface area contributed by atoms with Crippen LogP contribution in [0.4, 0.5) is 8.78 Å². The van der Waals surface area contributed by atoms with Crippen molar-refractivity contribution in [3.05, 3.63) is 23.8 Å². The summed E-state index contributed by atoms with van der Waals surface area (Å²) >= 11 is 0. The van der Waals surface area contributed by atoms with E-state index in [1.807, 2.05) is 5.32 Å². The first kappa shape index (κ1) is 16.2. The smallest absolute Gasteiger partial charge is 0.349 e. The largest absolute Gasteiger partial charge is 0.504 e. The molecule has 1 rings (SSSR count). The van der Waals surface area contributed by atoms with Crippen molar-refractivity contribution in [3.8, 4) is 11.5 Å². The van der Waals surface area contributed by atoms with E-state index in [4.69, 9.17) is 9.84 Å².